The third-order valence-electron chi connectivity index (χ3n) is 5.19. The quantitative estimate of drug-likeness (QED) is 0.318. The second-order valence-corrected chi connectivity index (χ2v) is 8.46. The lowest BCUT2D eigenvalue weighted by atomic mass is 10.1. The van der Waals surface area contributed by atoms with E-state index >= 15 is 0 Å². The van der Waals surface area contributed by atoms with E-state index in [1.54, 1.807) is 36.4 Å². The van der Waals surface area contributed by atoms with Gasteiger partial charge in [0.1, 0.15) is 22.9 Å². The van der Waals surface area contributed by atoms with E-state index in [2.05, 4.69) is 25.7 Å². The van der Waals surface area contributed by atoms with Crippen LogP contribution in [-0.4, -0.2) is 37.9 Å². The van der Waals surface area contributed by atoms with Crippen LogP contribution in [0, 0.1) is 0 Å². The summed E-state index contributed by atoms with van der Waals surface area (Å²) in [5.41, 5.74) is 2.94. The number of phenolic OH excluding ortho intramolecular Hbond substituents is 1. The third-order valence-corrected chi connectivity index (χ3v) is 5.47. The maximum absolute atomic E-state index is 12.7. The molecule has 2 aromatic carbocycles. The topological polar surface area (TPSA) is 114 Å². The SMILES string of the molecule is COc1cc(Nc2ncc(Cl)c(-c3ccn(C(C)C)n3)n2)ccc1C(=O)NCc1cccc(O)c1. The number of rotatable bonds is 8. The summed E-state index contributed by atoms with van der Waals surface area (Å²) in [6, 6.07) is 13.8. The summed E-state index contributed by atoms with van der Waals surface area (Å²) in [6.07, 6.45) is 3.39. The molecule has 0 aliphatic heterocycles. The van der Waals surface area contributed by atoms with Crippen LogP contribution in [0.3, 0.4) is 0 Å². The molecule has 0 aliphatic carbocycles. The Kier molecular flexibility index (Phi) is 7.17. The van der Waals surface area contributed by atoms with Crippen molar-refractivity contribution in [1.29, 1.82) is 0 Å². The fourth-order valence-electron chi connectivity index (χ4n) is 3.39. The Morgan fingerprint density at radius 3 is 2.74 bits per heavy atom. The van der Waals surface area contributed by atoms with Crippen molar-refractivity contribution < 1.29 is 14.6 Å². The predicted molar refractivity (Wildman–Crippen MR) is 134 cm³/mol. The van der Waals surface area contributed by atoms with Crippen molar-refractivity contribution in [3.63, 3.8) is 0 Å². The first-order valence-corrected chi connectivity index (χ1v) is 11.3. The van der Waals surface area contributed by atoms with E-state index in [0.717, 1.165) is 5.56 Å². The molecule has 0 radical (unpaired) electrons. The number of ether oxygens (including phenoxy) is 1. The van der Waals surface area contributed by atoms with Gasteiger partial charge in [0.15, 0.2) is 0 Å². The number of benzene rings is 2. The number of amides is 1. The number of aromatic hydroxyl groups is 1. The molecule has 0 saturated heterocycles. The highest BCUT2D eigenvalue weighted by atomic mass is 35.5. The minimum atomic E-state index is -0.303. The van der Waals surface area contributed by atoms with Gasteiger partial charge in [0.2, 0.25) is 5.95 Å². The number of nitrogens with zero attached hydrogens (tertiary/aromatic N) is 4. The Balaban J connectivity index is 1.50. The maximum Gasteiger partial charge on any atom is 0.255 e. The van der Waals surface area contributed by atoms with Crippen LogP contribution in [0.1, 0.15) is 35.8 Å². The summed E-state index contributed by atoms with van der Waals surface area (Å²) in [4.78, 5) is 21.5. The Hall–Kier alpha value is -4.11. The molecule has 1 amide bonds. The van der Waals surface area contributed by atoms with Crippen LogP contribution in [0.15, 0.2) is 60.9 Å². The molecule has 2 heterocycles. The highest BCUT2D eigenvalue weighted by molar-refractivity contribution is 6.32. The Morgan fingerprint density at radius 1 is 1.20 bits per heavy atom. The van der Waals surface area contributed by atoms with Gasteiger partial charge in [-0.05, 0) is 49.7 Å². The summed E-state index contributed by atoms with van der Waals surface area (Å²) in [5.74, 6) is 0.549. The van der Waals surface area contributed by atoms with Gasteiger partial charge in [-0.15, -0.1) is 0 Å². The lowest BCUT2D eigenvalue weighted by Crippen LogP contribution is -2.23. The molecule has 0 atom stereocenters. The summed E-state index contributed by atoms with van der Waals surface area (Å²) < 4.78 is 7.27. The van der Waals surface area contributed by atoms with Gasteiger partial charge in [-0.25, -0.2) is 9.97 Å². The van der Waals surface area contributed by atoms with Gasteiger partial charge >= 0.3 is 0 Å². The van der Waals surface area contributed by atoms with Crippen molar-refractivity contribution >= 4 is 29.1 Å². The first-order valence-electron chi connectivity index (χ1n) is 10.9. The van der Waals surface area contributed by atoms with Gasteiger partial charge in [0.05, 0.1) is 23.9 Å². The molecular weight excluding hydrogens is 468 g/mol. The molecule has 0 bridgehead atoms. The maximum atomic E-state index is 12.7. The van der Waals surface area contributed by atoms with Gasteiger partial charge in [-0.3, -0.25) is 9.48 Å². The van der Waals surface area contributed by atoms with Crippen LogP contribution in [0.25, 0.3) is 11.4 Å². The molecule has 0 unspecified atom stereocenters. The average Bonchev–Trinajstić information content (AvgIpc) is 3.34. The molecule has 4 aromatic rings. The van der Waals surface area contributed by atoms with E-state index in [1.165, 1.54) is 13.3 Å². The van der Waals surface area contributed by atoms with Crippen molar-refractivity contribution in [3.8, 4) is 22.9 Å². The van der Waals surface area contributed by atoms with Crippen LogP contribution in [0.4, 0.5) is 11.6 Å². The molecule has 0 saturated carbocycles. The molecule has 0 aliphatic rings. The van der Waals surface area contributed by atoms with Gasteiger partial charge < -0.3 is 20.5 Å². The fourth-order valence-corrected chi connectivity index (χ4v) is 3.58. The van der Waals surface area contributed by atoms with E-state index in [-0.39, 0.29) is 24.2 Å². The summed E-state index contributed by atoms with van der Waals surface area (Å²) in [5, 5.41) is 20.5. The molecule has 0 fully saturated rings. The van der Waals surface area contributed by atoms with Crippen molar-refractivity contribution in [2.45, 2.75) is 26.4 Å². The smallest absolute Gasteiger partial charge is 0.255 e. The molecule has 180 valence electrons. The van der Waals surface area contributed by atoms with Crippen LogP contribution in [-0.2, 0) is 6.54 Å². The van der Waals surface area contributed by atoms with Crippen LogP contribution in [0.5, 0.6) is 11.5 Å². The van der Waals surface area contributed by atoms with E-state index in [0.29, 0.717) is 39.4 Å². The van der Waals surface area contributed by atoms with Gasteiger partial charge in [0, 0.05) is 30.5 Å². The molecule has 9 nitrogen and oxygen atoms in total. The van der Waals surface area contributed by atoms with Crippen LogP contribution < -0.4 is 15.4 Å². The number of methoxy groups -OCH3 is 1. The number of aromatic nitrogens is 4. The number of hydrogen-bond donors (Lipinski definition) is 3. The normalized spacial score (nSPS) is 10.9. The number of anilines is 2. The van der Waals surface area contributed by atoms with Crippen molar-refractivity contribution in [2.24, 2.45) is 0 Å². The molecule has 2 aromatic heterocycles. The van der Waals surface area contributed by atoms with E-state index in [9.17, 15) is 9.90 Å². The number of halogens is 1. The van der Waals surface area contributed by atoms with E-state index in [1.807, 2.05) is 36.9 Å². The highest BCUT2D eigenvalue weighted by Gasteiger charge is 2.15. The first kappa shape index (κ1) is 24.0. The molecule has 3 N–H and O–H groups in total. The van der Waals surface area contributed by atoms with Gasteiger partial charge in [0.25, 0.3) is 5.91 Å². The van der Waals surface area contributed by atoms with Gasteiger partial charge in [-0.1, -0.05) is 23.7 Å². The minimum absolute atomic E-state index is 0.144. The first-order chi connectivity index (χ1) is 16.8. The highest BCUT2D eigenvalue weighted by Crippen LogP contribution is 2.28. The van der Waals surface area contributed by atoms with Gasteiger partial charge in [-0.2, -0.15) is 5.10 Å². The zero-order valence-electron chi connectivity index (χ0n) is 19.5. The average molecular weight is 493 g/mol. The fraction of sp³-hybridized carbons (Fsp3) is 0.200. The number of hydrogen-bond acceptors (Lipinski definition) is 7. The van der Waals surface area contributed by atoms with Crippen molar-refractivity contribution in [2.75, 3.05) is 12.4 Å². The van der Waals surface area contributed by atoms with Crippen molar-refractivity contribution in [3.05, 3.63) is 77.1 Å². The molecule has 35 heavy (non-hydrogen) atoms. The largest absolute Gasteiger partial charge is 0.508 e. The Labute approximate surface area is 207 Å². The molecular formula is C25H25ClN6O3. The number of carbonyl (C=O) groups is 1. The molecule has 4 rings (SSSR count). The van der Waals surface area contributed by atoms with Crippen molar-refractivity contribution in [1.82, 2.24) is 25.1 Å². The zero-order valence-corrected chi connectivity index (χ0v) is 20.2. The Bertz CT molecular complexity index is 1350. The zero-order chi connectivity index (χ0) is 24.9. The minimum Gasteiger partial charge on any atom is -0.508 e. The number of phenols is 1. The summed E-state index contributed by atoms with van der Waals surface area (Å²) >= 11 is 6.33. The summed E-state index contributed by atoms with van der Waals surface area (Å²) in [6.45, 7) is 4.34. The number of carbonyl (C=O) groups excluding carboxylic acids is 1. The predicted octanol–water partition coefficient (Wildman–Crippen LogP) is 4.96. The molecule has 10 heteroatoms. The molecule has 0 spiro atoms. The monoisotopic (exact) mass is 492 g/mol. The Morgan fingerprint density at radius 2 is 2.03 bits per heavy atom. The third kappa shape index (κ3) is 5.70. The van der Waals surface area contributed by atoms with E-state index < -0.39 is 0 Å². The second-order valence-electron chi connectivity index (χ2n) is 8.06. The summed E-state index contributed by atoms with van der Waals surface area (Å²) in [7, 11) is 1.49. The lowest BCUT2D eigenvalue weighted by molar-refractivity contribution is 0.0948. The van der Waals surface area contributed by atoms with E-state index in [4.69, 9.17) is 16.3 Å². The number of nitrogens with one attached hydrogen (secondary N) is 2. The standard InChI is InChI=1S/C25H25ClN6O3/c1-15(2)32-10-9-21(31-32)23-20(26)14-28-25(30-23)29-17-7-8-19(22(12-17)35-3)24(34)27-13-16-5-4-6-18(33)11-16/h4-12,14-15,33H,13H2,1-3H3,(H,27,34)(H,28,29,30). The lowest BCUT2D eigenvalue weighted by Gasteiger charge is -2.12. The van der Waals surface area contributed by atoms with Crippen LogP contribution in [0.2, 0.25) is 5.02 Å². The second kappa shape index (κ2) is 10.4. The van der Waals surface area contributed by atoms with Crippen LogP contribution >= 0.6 is 11.6 Å².